The Balaban J connectivity index is 3.07. The number of hydrogen-bond donors (Lipinski definition) is 0. The maximum Gasteiger partial charge on any atom is 0.122 e. The number of methoxy groups -OCH3 is 1. The molecule has 1 nitrogen and oxygen atoms in total. The molecule has 88 valence electrons. The highest BCUT2D eigenvalue weighted by Crippen LogP contribution is 2.25. The molecule has 0 aliphatic carbocycles. The van der Waals surface area contributed by atoms with E-state index < -0.39 is 0 Å². The van der Waals surface area contributed by atoms with E-state index in [2.05, 4.69) is 45.9 Å². The maximum atomic E-state index is 5.34. The minimum atomic E-state index is 0.630. The van der Waals surface area contributed by atoms with Crippen LogP contribution in [0.1, 0.15) is 37.0 Å². The van der Waals surface area contributed by atoms with Gasteiger partial charge in [-0.05, 0) is 42.5 Å². The van der Waals surface area contributed by atoms with Gasteiger partial charge in [-0.3, -0.25) is 0 Å². The van der Waals surface area contributed by atoms with Crippen molar-refractivity contribution in [3.63, 3.8) is 0 Å². The van der Waals surface area contributed by atoms with Gasteiger partial charge in [0, 0.05) is 0 Å². The van der Waals surface area contributed by atoms with E-state index in [-0.39, 0.29) is 0 Å². The molecule has 1 unspecified atom stereocenters. The number of rotatable bonds is 4. The molecular weight excluding hydrogens is 196 g/mol. The molecule has 0 saturated carbocycles. The zero-order valence-corrected chi connectivity index (χ0v) is 11.0. The molecule has 16 heavy (non-hydrogen) atoms. The standard InChI is InChI=1S/C15H22O/c1-6-11(2)7-9-14-12(3)8-10-15(16-5)13(14)4/h7-11H,6H2,1-5H3/b9-7-. The molecule has 0 saturated heterocycles. The molecule has 0 amide bonds. The van der Waals surface area contributed by atoms with Crippen LogP contribution in [0.5, 0.6) is 5.75 Å². The topological polar surface area (TPSA) is 9.23 Å². The predicted octanol–water partition coefficient (Wildman–Crippen LogP) is 4.37. The van der Waals surface area contributed by atoms with Gasteiger partial charge in [0.1, 0.15) is 5.75 Å². The van der Waals surface area contributed by atoms with Crippen molar-refractivity contribution in [2.24, 2.45) is 5.92 Å². The summed E-state index contributed by atoms with van der Waals surface area (Å²) >= 11 is 0. The summed E-state index contributed by atoms with van der Waals surface area (Å²) in [6.45, 7) is 8.70. The van der Waals surface area contributed by atoms with Crippen LogP contribution < -0.4 is 4.74 Å². The summed E-state index contributed by atoms with van der Waals surface area (Å²) in [7, 11) is 1.72. The van der Waals surface area contributed by atoms with Crippen molar-refractivity contribution in [1.29, 1.82) is 0 Å². The first kappa shape index (κ1) is 12.8. The number of ether oxygens (including phenoxy) is 1. The number of allylic oxidation sites excluding steroid dienone is 1. The summed E-state index contributed by atoms with van der Waals surface area (Å²) in [6, 6.07) is 4.15. The van der Waals surface area contributed by atoms with Crippen molar-refractivity contribution in [2.45, 2.75) is 34.1 Å². The van der Waals surface area contributed by atoms with Gasteiger partial charge in [0.05, 0.1) is 7.11 Å². The van der Waals surface area contributed by atoms with Gasteiger partial charge in [-0.15, -0.1) is 0 Å². The monoisotopic (exact) mass is 218 g/mol. The lowest BCUT2D eigenvalue weighted by molar-refractivity contribution is 0.411. The van der Waals surface area contributed by atoms with Crippen LogP contribution in [0.3, 0.4) is 0 Å². The molecule has 0 bridgehead atoms. The summed E-state index contributed by atoms with van der Waals surface area (Å²) < 4.78 is 5.34. The Bertz CT molecular complexity index is 377. The molecular formula is C15H22O. The Hall–Kier alpha value is -1.24. The zero-order chi connectivity index (χ0) is 12.1. The van der Waals surface area contributed by atoms with Gasteiger partial charge in [0.2, 0.25) is 0 Å². The van der Waals surface area contributed by atoms with Crippen molar-refractivity contribution < 1.29 is 4.74 Å². The van der Waals surface area contributed by atoms with E-state index in [9.17, 15) is 0 Å². The van der Waals surface area contributed by atoms with E-state index in [0.717, 1.165) is 5.75 Å². The quantitative estimate of drug-likeness (QED) is 0.729. The molecule has 0 heterocycles. The summed E-state index contributed by atoms with van der Waals surface area (Å²) in [5.41, 5.74) is 3.82. The van der Waals surface area contributed by atoms with Gasteiger partial charge in [0.15, 0.2) is 0 Å². The second-order valence-corrected chi connectivity index (χ2v) is 4.37. The van der Waals surface area contributed by atoms with Gasteiger partial charge in [-0.1, -0.05) is 38.5 Å². The number of benzene rings is 1. The Morgan fingerprint density at radius 1 is 1.31 bits per heavy atom. The van der Waals surface area contributed by atoms with Gasteiger partial charge in [0.25, 0.3) is 0 Å². The Labute approximate surface area is 99.1 Å². The summed E-state index contributed by atoms with van der Waals surface area (Å²) in [5, 5.41) is 0. The fraction of sp³-hybridized carbons (Fsp3) is 0.467. The summed E-state index contributed by atoms with van der Waals surface area (Å²) in [6.07, 6.45) is 5.68. The van der Waals surface area contributed by atoms with E-state index in [1.54, 1.807) is 7.11 Å². The second-order valence-electron chi connectivity index (χ2n) is 4.37. The minimum absolute atomic E-state index is 0.630. The highest BCUT2D eigenvalue weighted by Gasteiger charge is 2.05. The Kier molecular flexibility index (Phi) is 4.60. The van der Waals surface area contributed by atoms with Crippen molar-refractivity contribution in [3.8, 4) is 5.75 Å². The zero-order valence-electron chi connectivity index (χ0n) is 11.0. The molecule has 0 aromatic heterocycles. The fourth-order valence-corrected chi connectivity index (χ4v) is 1.72. The van der Waals surface area contributed by atoms with Gasteiger partial charge < -0.3 is 4.74 Å². The lowest BCUT2D eigenvalue weighted by Gasteiger charge is -2.11. The van der Waals surface area contributed by atoms with Crippen molar-refractivity contribution in [1.82, 2.24) is 0 Å². The molecule has 1 heteroatoms. The van der Waals surface area contributed by atoms with Crippen LogP contribution in [0.4, 0.5) is 0 Å². The SMILES string of the molecule is CCC(C)/C=C\c1c(C)ccc(OC)c1C. The Morgan fingerprint density at radius 3 is 2.56 bits per heavy atom. The number of aryl methyl sites for hydroxylation is 1. The average Bonchev–Trinajstić information content (AvgIpc) is 2.28. The predicted molar refractivity (Wildman–Crippen MR) is 71.0 cm³/mol. The summed E-state index contributed by atoms with van der Waals surface area (Å²) in [4.78, 5) is 0. The largest absolute Gasteiger partial charge is 0.496 e. The van der Waals surface area contributed by atoms with Crippen LogP contribution in [0, 0.1) is 19.8 Å². The average molecular weight is 218 g/mol. The van der Waals surface area contributed by atoms with E-state index in [0.29, 0.717) is 5.92 Å². The molecule has 0 spiro atoms. The normalized spacial score (nSPS) is 13.1. The second kappa shape index (κ2) is 5.74. The first-order chi connectivity index (χ1) is 7.60. The minimum Gasteiger partial charge on any atom is -0.496 e. The molecule has 1 aromatic carbocycles. The van der Waals surface area contributed by atoms with Crippen LogP contribution in [-0.2, 0) is 0 Å². The highest BCUT2D eigenvalue weighted by molar-refractivity contribution is 5.61. The molecule has 0 N–H and O–H groups in total. The smallest absolute Gasteiger partial charge is 0.122 e. The van der Waals surface area contributed by atoms with E-state index in [1.807, 2.05) is 6.07 Å². The first-order valence-corrected chi connectivity index (χ1v) is 5.92. The van der Waals surface area contributed by atoms with Crippen molar-refractivity contribution >= 4 is 6.08 Å². The molecule has 1 rings (SSSR count). The molecule has 0 aliphatic rings. The van der Waals surface area contributed by atoms with Crippen LogP contribution >= 0.6 is 0 Å². The molecule has 0 aliphatic heterocycles. The van der Waals surface area contributed by atoms with E-state index >= 15 is 0 Å². The fourth-order valence-electron chi connectivity index (χ4n) is 1.72. The van der Waals surface area contributed by atoms with E-state index in [1.165, 1.54) is 23.1 Å². The van der Waals surface area contributed by atoms with Gasteiger partial charge in [-0.2, -0.15) is 0 Å². The summed E-state index contributed by atoms with van der Waals surface area (Å²) in [5.74, 6) is 1.60. The lowest BCUT2D eigenvalue weighted by Crippen LogP contribution is -1.93. The third-order valence-electron chi connectivity index (χ3n) is 3.14. The lowest BCUT2D eigenvalue weighted by atomic mass is 9.99. The van der Waals surface area contributed by atoms with E-state index in [4.69, 9.17) is 4.74 Å². The maximum absolute atomic E-state index is 5.34. The third-order valence-corrected chi connectivity index (χ3v) is 3.14. The van der Waals surface area contributed by atoms with Gasteiger partial charge >= 0.3 is 0 Å². The highest BCUT2D eigenvalue weighted by atomic mass is 16.5. The van der Waals surface area contributed by atoms with Crippen LogP contribution in [-0.4, -0.2) is 7.11 Å². The van der Waals surface area contributed by atoms with Crippen LogP contribution in [0.25, 0.3) is 6.08 Å². The van der Waals surface area contributed by atoms with Gasteiger partial charge in [-0.25, -0.2) is 0 Å². The molecule has 0 fully saturated rings. The van der Waals surface area contributed by atoms with Crippen molar-refractivity contribution in [2.75, 3.05) is 7.11 Å². The van der Waals surface area contributed by atoms with Crippen molar-refractivity contribution in [3.05, 3.63) is 34.9 Å². The number of hydrogen-bond acceptors (Lipinski definition) is 1. The first-order valence-electron chi connectivity index (χ1n) is 5.92. The van der Waals surface area contributed by atoms with Crippen LogP contribution in [0.15, 0.2) is 18.2 Å². The van der Waals surface area contributed by atoms with Crippen LogP contribution in [0.2, 0.25) is 0 Å². The third kappa shape index (κ3) is 2.88. The molecule has 1 aromatic rings. The Morgan fingerprint density at radius 2 is 2.00 bits per heavy atom. The molecule has 0 radical (unpaired) electrons. The molecule has 1 atom stereocenters.